The van der Waals surface area contributed by atoms with Gasteiger partial charge in [-0.25, -0.2) is 13.4 Å². The van der Waals surface area contributed by atoms with Crippen LogP contribution in [-0.4, -0.2) is 38.8 Å². The smallest absolute Gasteiger partial charge is 0.255 e. The second-order valence-electron chi connectivity index (χ2n) is 5.89. The molecule has 1 aromatic heterocycles. The number of nitrogens with zero attached hydrogens (tertiary/aromatic N) is 1. The van der Waals surface area contributed by atoms with Gasteiger partial charge in [-0.1, -0.05) is 11.3 Å². The minimum atomic E-state index is -3.40. The van der Waals surface area contributed by atoms with Gasteiger partial charge in [0, 0.05) is 17.3 Å². The summed E-state index contributed by atoms with van der Waals surface area (Å²) in [4.78, 5) is 16.7. The van der Waals surface area contributed by atoms with Crippen LogP contribution in [0.15, 0.2) is 36.4 Å². The van der Waals surface area contributed by atoms with Crippen LogP contribution in [0.25, 0.3) is 10.2 Å². The Morgan fingerprint density at radius 1 is 1.11 bits per heavy atom. The second-order valence-corrected chi connectivity index (χ2v) is 8.67. The summed E-state index contributed by atoms with van der Waals surface area (Å²) in [5.74, 6) is 0.948. The van der Waals surface area contributed by atoms with Gasteiger partial charge in [0.15, 0.2) is 16.6 Å². The van der Waals surface area contributed by atoms with Gasteiger partial charge < -0.3 is 14.8 Å². The average molecular weight is 405 g/mol. The van der Waals surface area contributed by atoms with Crippen LogP contribution in [0.4, 0.5) is 10.8 Å². The van der Waals surface area contributed by atoms with Crippen LogP contribution in [0, 0.1) is 0 Å². The van der Waals surface area contributed by atoms with Crippen molar-refractivity contribution in [1.29, 1.82) is 0 Å². The SMILES string of the molecule is CS(=O)(=O)Nc1nc2ccc(C(=O)Nc3ccc4c(c3)OCCO4)cc2s1. The third kappa shape index (κ3) is 3.96. The Morgan fingerprint density at radius 2 is 1.89 bits per heavy atom. The lowest BCUT2D eigenvalue weighted by molar-refractivity contribution is 0.102. The van der Waals surface area contributed by atoms with E-state index in [0.29, 0.717) is 46.2 Å². The van der Waals surface area contributed by atoms with Gasteiger partial charge in [0.05, 0.1) is 16.5 Å². The van der Waals surface area contributed by atoms with Gasteiger partial charge in [0.2, 0.25) is 10.0 Å². The molecule has 0 spiro atoms. The Morgan fingerprint density at radius 3 is 2.67 bits per heavy atom. The van der Waals surface area contributed by atoms with Gasteiger partial charge in [-0.05, 0) is 30.3 Å². The van der Waals surface area contributed by atoms with Crippen molar-refractivity contribution in [1.82, 2.24) is 4.98 Å². The number of aromatic nitrogens is 1. The van der Waals surface area contributed by atoms with Crippen molar-refractivity contribution in [2.24, 2.45) is 0 Å². The number of hydrogen-bond donors (Lipinski definition) is 2. The van der Waals surface area contributed by atoms with E-state index in [-0.39, 0.29) is 11.0 Å². The highest BCUT2D eigenvalue weighted by atomic mass is 32.2. The van der Waals surface area contributed by atoms with E-state index in [1.165, 1.54) is 0 Å². The first-order valence-electron chi connectivity index (χ1n) is 7.97. The molecule has 3 aromatic rings. The van der Waals surface area contributed by atoms with E-state index in [1.54, 1.807) is 36.4 Å². The number of rotatable bonds is 4. The summed E-state index contributed by atoms with van der Waals surface area (Å²) in [6.45, 7) is 0.972. The highest BCUT2D eigenvalue weighted by Gasteiger charge is 2.15. The van der Waals surface area contributed by atoms with Crippen molar-refractivity contribution in [3.63, 3.8) is 0 Å². The number of benzene rings is 2. The number of ether oxygens (including phenoxy) is 2. The van der Waals surface area contributed by atoms with E-state index in [4.69, 9.17) is 9.47 Å². The first-order valence-corrected chi connectivity index (χ1v) is 10.7. The van der Waals surface area contributed by atoms with Crippen molar-refractivity contribution in [2.75, 3.05) is 29.5 Å². The number of carbonyl (C=O) groups excluding carboxylic acids is 1. The largest absolute Gasteiger partial charge is 0.486 e. The van der Waals surface area contributed by atoms with Gasteiger partial charge in [0.25, 0.3) is 5.91 Å². The monoisotopic (exact) mass is 405 g/mol. The number of nitrogens with one attached hydrogen (secondary N) is 2. The fourth-order valence-electron chi connectivity index (χ4n) is 2.59. The molecule has 140 valence electrons. The van der Waals surface area contributed by atoms with Crippen LogP contribution in [0.3, 0.4) is 0 Å². The molecule has 0 saturated carbocycles. The fourth-order valence-corrected chi connectivity index (χ4v) is 4.33. The predicted molar refractivity (Wildman–Crippen MR) is 103 cm³/mol. The van der Waals surface area contributed by atoms with E-state index in [1.807, 2.05) is 0 Å². The fraction of sp³-hybridized carbons (Fsp3) is 0.176. The standard InChI is InChI=1S/C17H15N3O5S2/c1-27(22,23)20-17-19-12-4-2-10(8-15(12)26-17)16(21)18-11-3-5-13-14(9-11)25-7-6-24-13/h2-5,8-9H,6-7H2,1H3,(H,18,21)(H,19,20). The molecule has 2 aromatic carbocycles. The molecule has 0 bridgehead atoms. The number of carbonyl (C=O) groups is 1. The third-order valence-electron chi connectivity index (χ3n) is 3.72. The first-order chi connectivity index (χ1) is 12.9. The van der Waals surface area contributed by atoms with Crippen LogP contribution < -0.4 is 19.5 Å². The summed E-state index contributed by atoms with van der Waals surface area (Å²) in [7, 11) is -3.40. The Hall–Kier alpha value is -2.85. The molecular formula is C17H15N3O5S2. The summed E-state index contributed by atoms with van der Waals surface area (Å²) >= 11 is 1.16. The number of hydrogen-bond acceptors (Lipinski definition) is 7. The average Bonchev–Trinajstić information content (AvgIpc) is 3.00. The van der Waals surface area contributed by atoms with Crippen LogP contribution >= 0.6 is 11.3 Å². The van der Waals surface area contributed by atoms with E-state index in [9.17, 15) is 13.2 Å². The zero-order valence-corrected chi connectivity index (χ0v) is 15.8. The number of anilines is 2. The van der Waals surface area contributed by atoms with Crippen LogP contribution in [0.1, 0.15) is 10.4 Å². The molecule has 27 heavy (non-hydrogen) atoms. The zero-order chi connectivity index (χ0) is 19.0. The molecule has 1 aliphatic heterocycles. The van der Waals surface area contributed by atoms with Crippen LogP contribution in [0.5, 0.6) is 11.5 Å². The van der Waals surface area contributed by atoms with Gasteiger partial charge in [-0.2, -0.15) is 0 Å². The van der Waals surface area contributed by atoms with Gasteiger partial charge in [-0.15, -0.1) is 0 Å². The highest BCUT2D eigenvalue weighted by molar-refractivity contribution is 7.92. The minimum absolute atomic E-state index is 0.261. The third-order valence-corrected chi connectivity index (χ3v) is 5.35. The van der Waals surface area contributed by atoms with Crippen LogP contribution in [-0.2, 0) is 10.0 Å². The molecule has 0 radical (unpaired) electrons. The molecule has 2 N–H and O–H groups in total. The number of amides is 1. The Kier molecular flexibility index (Phi) is 4.36. The Balaban J connectivity index is 1.55. The molecule has 1 amide bonds. The summed E-state index contributed by atoms with van der Waals surface area (Å²) in [5.41, 5.74) is 1.64. The lowest BCUT2D eigenvalue weighted by Crippen LogP contribution is -2.16. The highest BCUT2D eigenvalue weighted by Crippen LogP contribution is 2.33. The maximum atomic E-state index is 12.6. The van der Waals surface area contributed by atoms with Gasteiger partial charge in [0.1, 0.15) is 13.2 Å². The van der Waals surface area contributed by atoms with Gasteiger partial charge in [-0.3, -0.25) is 9.52 Å². The molecule has 8 nitrogen and oxygen atoms in total. The summed E-state index contributed by atoms with van der Waals surface area (Å²) in [6.07, 6.45) is 1.06. The second kappa shape index (κ2) is 6.71. The predicted octanol–water partition coefficient (Wildman–Crippen LogP) is 2.69. The molecule has 10 heteroatoms. The lowest BCUT2D eigenvalue weighted by Gasteiger charge is -2.19. The molecular weight excluding hydrogens is 390 g/mol. The van der Waals surface area contributed by atoms with E-state index < -0.39 is 10.0 Å². The van der Waals surface area contributed by atoms with Crippen molar-refractivity contribution in [3.05, 3.63) is 42.0 Å². The Bertz CT molecular complexity index is 1140. The van der Waals surface area contributed by atoms with E-state index in [0.717, 1.165) is 17.6 Å². The lowest BCUT2D eigenvalue weighted by atomic mass is 10.2. The molecule has 0 fully saturated rings. The molecule has 0 saturated heterocycles. The maximum absolute atomic E-state index is 12.6. The van der Waals surface area contributed by atoms with Crippen LogP contribution in [0.2, 0.25) is 0 Å². The minimum Gasteiger partial charge on any atom is -0.486 e. The quantitative estimate of drug-likeness (QED) is 0.691. The topological polar surface area (TPSA) is 107 Å². The molecule has 0 atom stereocenters. The Labute approximate surface area is 159 Å². The summed E-state index contributed by atoms with van der Waals surface area (Å²) in [6, 6.07) is 10.2. The molecule has 0 unspecified atom stereocenters. The van der Waals surface area contributed by atoms with Gasteiger partial charge >= 0.3 is 0 Å². The maximum Gasteiger partial charge on any atom is 0.255 e. The van der Waals surface area contributed by atoms with Crippen molar-refractivity contribution in [2.45, 2.75) is 0 Å². The van der Waals surface area contributed by atoms with Crippen molar-refractivity contribution < 1.29 is 22.7 Å². The summed E-state index contributed by atoms with van der Waals surface area (Å²) < 4.78 is 36.7. The number of sulfonamides is 1. The zero-order valence-electron chi connectivity index (χ0n) is 14.2. The molecule has 1 aliphatic rings. The number of fused-ring (bicyclic) bond motifs is 2. The molecule has 0 aliphatic carbocycles. The molecule has 2 heterocycles. The first kappa shape index (κ1) is 17.6. The van der Waals surface area contributed by atoms with Crippen molar-refractivity contribution >= 4 is 48.3 Å². The number of thiazole rings is 1. The summed E-state index contributed by atoms with van der Waals surface area (Å²) in [5, 5.41) is 3.08. The molecule has 4 rings (SSSR count). The van der Waals surface area contributed by atoms with E-state index in [2.05, 4.69) is 15.0 Å². The van der Waals surface area contributed by atoms with E-state index >= 15 is 0 Å². The normalized spacial score (nSPS) is 13.4. The van der Waals surface area contributed by atoms with Crippen molar-refractivity contribution in [3.8, 4) is 11.5 Å².